The van der Waals surface area contributed by atoms with Crippen LogP contribution in [0.15, 0.2) is 12.3 Å². The van der Waals surface area contributed by atoms with Crippen molar-refractivity contribution in [3.8, 4) is 0 Å². The van der Waals surface area contributed by atoms with Crippen LogP contribution in [0.2, 0.25) is 0 Å². The van der Waals surface area contributed by atoms with Gasteiger partial charge in [0.2, 0.25) is 0 Å². The summed E-state index contributed by atoms with van der Waals surface area (Å²) in [5, 5.41) is 15.3. The smallest absolute Gasteiger partial charge is 0.325 e. The third-order valence-electron chi connectivity index (χ3n) is 2.91. The molecule has 0 saturated heterocycles. The van der Waals surface area contributed by atoms with E-state index in [1.165, 1.54) is 6.92 Å². The molecule has 1 aromatic rings. The molecule has 0 aliphatic rings. The third-order valence-corrected chi connectivity index (χ3v) is 2.91. The van der Waals surface area contributed by atoms with Gasteiger partial charge in [-0.2, -0.15) is 5.10 Å². The average molecular weight is 253 g/mol. The minimum atomic E-state index is -1.06. The molecule has 1 amide bonds. The minimum Gasteiger partial charge on any atom is -0.480 e. The first-order valence-electron chi connectivity index (χ1n) is 6.08. The van der Waals surface area contributed by atoms with E-state index in [-0.39, 0.29) is 6.04 Å². The Morgan fingerprint density at radius 1 is 1.44 bits per heavy atom. The Hall–Kier alpha value is -1.85. The highest BCUT2D eigenvalue weighted by molar-refractivity contribution is 5.95. The van der Waals surface area contributed by atoms with Crippen LogP contribution < -0.4 is 5.32 Å². The molecule has 0 radical (unpaired) electrons. The van der Waals surface area contributed by atoms with E-state index in [1.54, 1.807) is 16.9 Å². The predicted molar refractivity (Wildman–Crippen MR) is 66.4 cm³/mol. The van der Waals surface area contributed by atoms with E-state index in [2.05, 4.69) is 10.4 Å². The van der Waals surface area contributed by atoms with E-state index in [4.69, 9.17) is 5.11 Å². The minimum absolute atomic E-state index is 0.154. The van der Waals surface area contributed by atoms with Crippen LogP contribution in [0.4, 0.5) is 0 Å². The maximum atomic E-state index is 11.9. The van der Waals surface area contributed by atoms with Gasteiger partial charge < -0.3 is 10.4 Å². The molecule has 18 heavy (non-hydrogen) atoms. The molecule has 0 aliphatic carbocycles. The number of nitrogens with one attached hydrogen (secondary N) is 1. The largest absolute Gasteiger partial charge is 0.480 e. The van der Waals surface area contributed by atoms with Crippen molar-refractivity contribution in [2.75, 3.05) is 0 Å². The zero-order chi connectivity index (χ0) is 13.7. The Kier molecular flexibility index (Phi) is 4.88. The van der Waals surface area contributed by atoms with Gasteiger partial charge in [0.15, 0.2) is 0 Å². The Labute approximate surface area is 106 Å². The van der Waals surface area contributed by atoms with Crippen LogP contribution in [0.3, 0.4) is 0 Å². The zero-order valence-corrected chi connectivity index (χ0v) is 10.9. The number of carboxylic acid groups (broad SMARTS) is 1. The van der Waals surface area contributed by atoms with Crippen LogP contribution in [0.25, 0.3) is 0 Å². The van der Waals surface area contributed by atoms with Crippen LogP contribution in [-0.4, -0.2) is 32.8 Å². The number of rotatable bonds is 6. The molecule has 2 N–H and O–H groups in total. The molecule has 100 valence electrons. The topological polar surface area (TPSA) is 84.2 Å². The number of aliphatic carboxylic acids is 1. The number of nitrogens with zero attached hydrogens (tertiary/aromatic N) is 2. The van der Waals surface area contributed by atoms with Crippen molar-refractivity contribution in [3.05, 3.63) is 18.0 Å². The Bertz CT molecular complexity index is 424. The maximum Gasteiger partial charge on any atom is 0.325 e. The number of carboxylic acids is 1. The van der Waals surface area contributed by atoms with Crippen molar-refractivity contribution < 1.29 is 14.7 Å². The fraction of sp³-hybridized carbons (Fsp3) is 0.583. The fourth-order valence-electron chi connectivity index (χ4n) is 1.75. The van der Waals surface area contributed by atoms with Crippen LogP contribution in [0.1, 0.15) is 50.1 Å². The first-order valence-corrected chi connectivity index (χ1v) is 6.08. The maximum absolute atomic E-state index is 11.9. The highest BCUT2D eigenvalue weighted by Gasteiger charge is 2.20. The summed E-state index contributed by atoms with van der Waals surface area (Å²) in [5.74, 6) is -1.47. The molecular formula is C12H19N3O3. The summed E-state index contributed by atoms with van der Waals surface area (Å²) in [6, 6.07) is 0.839. The molecule has 1 atom stereocenters. The fourth-order valence-corrected chi connectivity index (χ4v) is 1.75. The van der Waals surface area contributed by atoms with Crippen molar-refractivity contribution in [3.63, 3.8) is 0 Å². The van der Waals surface area contributed by atoms with Crippen molar-refractivity contribution in [2.45, 2.75) is 45.7 Å². The van der Waals surface area contributed by atoms with E-state index in [1.807, 2.05) is 13.8 Å². The normalized spacial score (nSPS) is 12.4. The van der Waals surface area contributed by atoms with Gasteiger partial charge in [-0.05, 0) is 25.8 Å². The van der Waals surface area contributed by atoms with Gasteiger partial charge in [0.1, 0.15) is 11.7 Å². The van der Waals surface area contributed by atoms with Crippen molar-refractivity contribution in [2.24, 2.45) is 0 Å². The molecule has 6 heteroatoms. The quantitative estimate of drug-likeness (QED) is 0.803. The van der Waals surface area contributed by atoms with Crippen LogP contribution in [-0.2, 0) is 4.79 Å². The van der Waals surface area contributed by atoms with Gasteiger partial charge in [-0.15, -0.1) is 0 Å². The molecule has 0 saturated carbocycles. The summed E-state index contributed by atoms with van der Waals surface area (Å²) in [5.41, 5.74) is 0.400. The number of hydrogen-bond donors (Lipinski definition) is 2. The van der Waals surface area contributed by atoms with Gasteiger partial charge in [0.05, 0.1) is 6.04 Å². The van der Waals surface area contributed by atoms with Gasteiger partial charge in [-0.25, -0.2) is 0 Å². The van der Waals surface area contributed by atoms with E-state index in [0.29, 0.717) is 5.69 Å². The van der Waals surface area contributed by atoms with Crippen LogP contribution in [0.5, 0.6) is 0 Å². The second kappa shape index (κ2) is 6.18. The van der Waals surface area contributed by atoms with Crippen molar-refractivity contribution in [1.29, 1.82) is 0 Å². The van der Waals surface area contributed by atoms with E-state index in [9.17, 15) is 9.59 Å². The third kappa shape index (κ3) is 3.09. The molecule has 0 spiro atoms. The van der Waals surface area contributed by atoms with Gasteiger partial charge in [0, 0.05) is 6.20 Å². The molecule has 0 aromatic carbocycles. The highest BCUT2D eigenvalue weighted by Crippen LogP contribution is 2.16. The molecule has 1 heterocycles. The summed E-state index contributed by atoms with van der Waals surface area (Å²) in [7, 11) is 0. The molecule has 1 rings (SSSR count). The lowest BCUT2D eigenvalue weighted by atomic mass is 10.1. The van der Waals surface area contributed by atoms with Crippen LogP contribution in [0, 0.1) is 0 Å². The molecule has 1 aromatic heterocycles. The lowest BCUT2D eigenvalue weighted by Crippen LogP contribution is -2.39. The predicted octanol–water partition coefficient (Wildman–Crippen LogP) is 1.45. The number of carbonyl (C=O) groups is 2. The first-order chi connectivity index (χ1) is 8.51. The first kappa shape index (κ1) is 14.2. The number of hydrogen-bond acceptors (Lipinski definition) is 3. The van der Waals surface area contributed by atoms with Gasteiger partial charge >= 0.3 is 5.97 Å². The SMILES string of the molecule is CCC(CC)n1nccc1C(=O)N[C@H](C)C(=O)O. The van der Waals surface area contributed by atoms with Gasteiger partial charge in [-0.3, -0.25) is 14.3 Å². The van der Waals surface area contributed by atoms with Crippen LogP contribution >= 0.6 is 0 Å². The molecule has 0 bridgehead atoms. The van der Waals surface area contributed by atoms with Crippen molar-refractivity contribution >= 4 is 11.9 Å². The zero-order valence-electron chi connectivity index (χ0n) is 10.9. The van der Waals surface area contributed by atoms with Gasteiger partial charge in [0.25, 0.3) is 5.91 Å². The summed E-state index contributed by atoms with van der Waals surface area (Å²) in [4.78, 5) is 22.6. The summed E-state index contributed by atoms with van der Waals surface area (Å²) < 4.78 is 1.66. The molecule has 0 fully saturated rings. The number of amides is 1. The number of aromatic nitrogens is 2. The molecule has 0 unspecified atom stereocenters. The Morgan fingerprint density at radius 2 is 2.06 bits per heavy atom. The van der Waals surface area contributed by atoms with Gasteiger partial charge in [-0.1, -0.05) is 13.8 Å². The lowest BCUT2D eigenvalue weighted by molar-refractivity contribution is -0.138. The summed E-state index contributed by atoms with van der Waals surface area (Å²) in [6.45, 7) is 5.48. The monoisotopic (exact) mass is 253 g/mol. The Balaban J connectivity index is 2.87. The second-order valence-electron chi connectivity index (χ2n) is 4.16. The second-order valence-corrected chi connectivity index (χ2v) is 4.16. The Morgan fingerprint density at radius 3 is 2.56 bits per heavy atom. The standard InChI is InChI=1S/C12H19N3O3/c1-4-9(5-2)15-10(6-7-13-15)11(16)14-8(3)12(17)18/h6-9H,4-5H2,1-3H3,(H,14,16)(H,17,18)/t8-/m1/s1. The highest BCUT2D eigenvalue weighted by atomic mass is 16.4. The molecule has 0 aliphatic heterocycles. The van der Waals surface area contributed by atoms with E-state index >= 15 is 0 Å². The average Bonchev–Trinajstić information content (AvgIpc) is 2.79. The van der Waals surface area contributed by atoms with E-state index in [0.717, 1.165) is 12.8 Å². The van der Waals surface area contributed by atoms with Crippen molar-refractivity contribution in [1.82, 2.24) is 15.1 Å². The molecular weight excluding hydrogens is 234 g/mol. The molecule has 6 nitrogen and oxygen atoms in total. The number of carbonyl (C=O) groups excluding carboxylic acids is 1. The summed E-state index contributed by atoms with van der Waals surface area (Å²) >= 11 is 0. The lowest BCUT2D eigenvalue weighted by Gasteiger charge is -2.17. The van der Waals surface area contributed by atoms with E-state index < -0.39 is 17.9 Å². The summed E-state index contributed by atoms with van der Waals surface area (Å²) in [6.07, 6.45) is 3.29.